The molecule has 1 aliphatic carbocycles. The smallest absolute Gasteiger partial charge is 0.178 e. The zero-order chi connectivity index (χ0) is 26.7. The summed E-state index contributed by atoms with van der Waals surface area (Å²) >= 11 is 0. The molecule has 0 fully saturated rings. The van der Waals surface area contributed by atoms with Crippen LogP contribution in [0.1, 0.15) is 11.1 Å². The van der Waals surface area contributed by atoms with E-state index >= 15 is 0 Å². The first-order valence-electron chi connectivity index (χ1n) is 13.9. The third-order valence-electron chi connectivity index (χ3n) is 8.79. The van der Waals surface area contributed by atoms with Crippen molar-refractivity contribution in [3.8, 4) is 16.8 Å². The third-order valence-corrected chi connectivity index (χ3v) is 8.79. The van der Waals surface area contributed by atoms with Crippen LogP contribution in [0.4, 0.5) is 0 Å². The van der Waals surface area contributed by atoms with Gasteiger partial charge in [0.1, 0.15) is 5.65 Å². The first-order chi connectivity index (χ1) is 20.3. The van der Waals surface area contributed by atoms with Crippen LogP contribution in [-0.2, 0) is 6.42 Å². The lowest BCUT2D eigenvalue weighted by molar-refractivity contribution is 1.18. The standard InChI is InChI=1S/C36H21N5/c1-2-9-23(10-3-1)40-31-20-27-22(18-21-8-4-5-11-24(21)27)19-28(31)25-14-15-26-32(34(25)40)33-29(12-6-16-37-33)41-30-13-7-17-38-35(30)39-36(26)41/h1-17,19-20H,18H2. The van der Waals surface area contributed by atoms with E-state index in [2.05, 4.69) is 105 Å². The van der Waals surface area contributed by atoms with Gasteiger partial charge in [-0.3, -0.25) is 9.38 Å². The van der Waals surface area contributed by atoms with Crippen LogP contribution in [0.15, 0.2) is 116 Å². The minimum Gasteiger partial charge on any atom is -0.309 e. The monoisotopic (exact) mass is 523 g/mol. The third kappa shape index (κ3) is 2.68. The predicted molar refractivity (Wildman–Crippen MR) is 166 cm³/mol. The van der Waals surface area contributed by atoms with Crippen LogP contribution < -0.4 is 0 Å². The van der Waals surface area contributed by atoms with Crippen LogP contribution in [0.2, 0.25) is 0 Å². The maximum atomic E-state index is 5.05. The molecular weight excluding hydrogens is 502 g/mol. The molecule has 5 heterocycles. The van der Waals surface area contributed by atoms with Gasteiger partial charge in [0.2, 0.25) is 0 Å². The van der Waals surface area contributed by atoms with Crippen molar-refractivity contribution in [1.82, 2.24) is 23.9 Å². The molecule has 0 bridgehead atoms. The summed E-state index contributed by atoms with van der Waals surface area (Å²) in [5, 5.41) is 4.66. The molecule has 5 nitrogen and oxygen atoms in total. The molecule has 5 heteroatoms. The van der Waals surface area contributed by atoms with E-state index in [1.165, 1.54) is 38.5 Å². The summed E-state index contributed by atoms with van der Waals surface area (Å²) in [6, 6.07) is 37.0. The van der Waals surface area contributed by atoms with Gasteiger partial charge >= 0.3 is 0 Å². The molecule has 190 valence electrons. The van der Waals surface area contributed by atoms with Crippen LogP contribution >= 0.6 is 0 Å². The maximum absolute atomic E-state index is 5.05. The van der Waals surface area contributed by atoms with Gasteiger partial charge in [0.05, 0.1) is 27.6 Å². The molecule has 0 radical (unpaired) electrons. The fraction of sp³-hybridized carbons (Fsp3) is 0.0278. The van der Waals surface area contributed by atoms with E-state index in [9.17, 15) is 0 Å². The van der Waals surface area contributed by atoms with Gasteiger partial charge in [0, 0.05) is 39.6 Å². The molecule has 0 saturated carbocycles. The highest BCUT2D eigenvalue weighted by Gasteiger charge is 2.25. The lowest BCUT2D eigenvalue weighted by atomic mass is 10.0. The minimum atomic E-state index is 0.740. The average molecular weight is 524 g/mol. The second kappa shape index (κ2) is 7.55. The first kappa shape index (κ1) is 21.3. The van der Waals surface area contributed by atoms with E-state index in [-0.39, 0.29) is 0 Å². The van der Waals surface area contributed by atoms with Gasteiger partial charge in [-0.25, -0.2) is 9.97 Å². The van der Waals surface area contributed by atoms with E-state index in [1.807, 2.05) is 18.3 Å². The largest absolute Gasteiger partial charge is 0.309 e. The molecule has 4 aromatic carbocycles. The molecule has 0 unspecified atom stereocenters. The summed E-state index contributed by atoms with van der Waals surface area (Å²) in [7, 11) is 0. The molecule has 0 saturated heterocycles. The second-order valence-corrected chi connectivity index (χ2v) is 10.9. The topological polar surface area (TPSA) is 48.0 Å². The van der Waals surface area contributed by atoms with Crippen LogP contribution in [0, 0.1) is 0 Å². The van der Waals surface area contributed by atoms with Crippen LogP contribution in [-0.4, -0.2) is 23.9 Å². The molecular formula is C36H21N5. The van der Waals surface area contributed by atoms with Crippen molar-refractivity contribution in [2.45, 2.75) is 6.42 Å². The van der Waals surface area contributed by atoms with Gasteiger partial charge in [-0.05, 0) is 83.3 Å². The summed E-state index contributed by atoms with van der Waals surface area (Å²) < 4.78 is 4.64. The van der Waals surface area contributed by atoms with E-state index in [1.54, 1.807) is 6.20 Å². The lowest BCUT2D eigenvalue weighted by Crippen LogP contribution is -1.98. The van der Waals surface area contributed by atoms with Gasteiger partial charge in [0.15, 0.2) is 5.65 Å². The molecule has 9 aromatic rings. The molecule has 41 heavy (non-hydrogen) atoms. The van der Waals surface area contributed by atoms with Crippen molar-refractivity contribution in [3.05, 3.63) is 127 Å². The van der Waals surface area contributed by atoms with E-state index in [0.717, 1.165) is 56.2 Å². The highest BCUT2D eigenvalue weighted by atomic mass is 15.1. The number of benzene rings is 4. The molecule has 5 aromatic heterocycles. The Morgan fingerprint density at radius 3 is 2.32 bits per heavy atom. The highest BCUT2D eigenvalue weighted by Crippen LogP contribution is 2.45. The molecule has 0 atom stereocenters. The van der Waals surface area contributed by atoms with Crippen molar-refractivity contribution < 1.29 is 0 Å². The number of hydrogen-bond donors (Lipinski definition) is 0. The number of pyridine rings is 3. The Balaban J connectivity index is 1.47. The highest BCUT2D eigenvalue weighted by molar-refractivity contribution is 6.27. The molecule has 0 spiro atoms. The normalized spacial score (nSPS) is 12.8. The van der Waals surface area contributed by atoms with Gasteiger partial charge in [-0.15, -0.1) is 0 Å². The van der Waals surface area contributed by atoms with Gasteiger partial charge in [-0.1, -0.05) is 48.5 Å². The van der Waals surface area contributed by atoms with Crippen molar-refractivity contribution in [1.29, 1.82) is 0 Å². The van der Waals surface area contributed by atoms with Crippen molar-refractivity contribution in [2.24, 2.45) is 0 Å². The van der Waals surface area contributed by atoms with Crippen molar-refractivity contribution in [3.63, 3.8) is 0 Å². The van der Waals surface area contributed by atoms with E-state index in [0.29, 0.717) is 0 Å². The van der Waals surface area contributed by atoms with E-state index in [4.69, 9.17) is 9.97 Å². The SMILES string of the molecule is c1ccc(-n2c3cc4c(cc3c3ccc5c(c6ncccc6n6c7cccnc7nc56)c32)Cc2ccccc2-4)cc1. The fourth-order valence-electron chi connectivity index (χ4n) is 7.11. The quantitative estimate of drug-likeness (QED) is 0.204. The number of hydrogen-bond acceptors (Lipinski definition) is 3. The molecule has 0 aliphatic heterocycles. The Kier molecular flexibility index (Phi) is 3.92. The van der Waals surface area contributed by atoms with Crippen molar-refractivity contribution in [2.75, 3.05) is 0 Å². The predicted octanol–water partition coefficient (Wildman–Crippen LogP) is 8.25. The molecule has 1 aliphatic rings. The summed E-state index contributed by atoms with van der Waals surface area (Å²) in [6.45, 7) is 0. The number of nitrogens with zero attached hydrogens (tertiary/aromatic N) is 5. The fourth-order valence-corrected chi connectivity index (χ4v) is 7.11. The van der Waals surface area contributed by atoms with Crippen LogP contribution in [0.3, 0.4) is 0 Å². The Morgan fingerprint density at radius 2 is 1.39 bits per heavy atom. The Labute approximate surface area is 234 Å². The average Bonchev–Trinajstić information content (AvgIpc) is 3.70. The molecule has 10 rings (SSSR count). The number of rotatable bonds is 1. The first-order valence-corrected chi connectivity index (χ1v) is 13.9. The molecule has 0 N–H and O–H groups in total. The number of aromatic nitrogens is 5. The second-order valence-electron chi connectivity index (χ2n) is 10.9. The molecule has 0 amide bonds. The Bertz CT molecular complexity index is 2550. The van der Waals surface area contributed by atoms with Crippen LogP contribution in [0.25, 0.3) is 77.2 Å². The van der Waals surface area contributed by atoms with Gasteiger partial charge in [0.25, 0.3) is 0 Å². The summed E-state index contributed by atoms with van der Waals surface area (Å²) in [5.41, 5.74) is 13.6. The Morgan fingerprint density at radius 1 is 0.585 bits per heavy atom. The number of imidazole rings is 1. The zero-order valence-corrected chi connectivity index (χ0v) is 21.9. The summed E-state index contributed by atoms with van der Waals surface area (Å²) in [5.74, 6) is 0. The number of para-hydroxylation sites is 1. The lowest BCUT2D eigenvalue weighted by Gasteiger charge is -2.13. The maximum Gasteiger partial charge on any atom is 0.178 e. The van der Waals surface area contributed by atoms with Gasteiger partial charge in [-0.2, -0.15) is 0 Å². The Hall–Kier alpha value is -5.55. The van der Waals surface area contributed by atoms with E-state index < -0.39 is 0 Å². The zero-order valence-electron chi connectivity index (χ0n) is 21.9. The summed E-state index contributed by atoms with van der Waals surface area (Å²) in [6.07, 6.45) is 4.66. The van der Waals surface area contributed by atoms with Crippen molar-refractivity contribution >= 4 is 60.4 Å². The van der Waals surface area contributed by atoms with Crippen LogP contribution in [0.5, 0.6) is 0 Å². The summed E-state index contributed by atoms with van der Waals surface area (Å²) in [4.78, 5) is 14.6. The van der Waals surface area contributed by atoms with Gasteiger partial charge < -0.3 is 4.57 Å². The number of fused-ring (bicyclic) bond motifs is 15. The minimum absolute atomic E-state index is 0.740.